The van der Waals surface area contributed by atoms with Gasteiger partial charge in [0, 0.05) is 23.7 Å². The van der Waals surface area contributed by atoms with Crippen molar-refractivity contribution in [1.82, 2.24) is 4.57 Å². The highest BCUT2D eigenvalue weighted by Crippen LogP contribution is 2.13. The van der Waals surface area contributed by atoms with Gasteiger partial charge in [-0.05, 0) is 23.1 Å². The van der Waals surface area contributed by atoms with Crippen molar-refractivity contribution in [3.63, 3.8) is 0 Å². The Morgan fingerprint density at radius 3 is 2.43 bits per heavy atom. The van der Waals surface area contributed by atoms with E-state index in [-0.39, 0.29) is 11.2 Å². The van der Waals surface area contributed by atoms with Crippen molar-refractivity contribution < 1.29 is 4.92 Å². The molecule has 0 spiro atoms. The van der Waals surface area contributed by atoms with Gasteiger partial charge < -0.3 is 4.57 Å². The smallest absolute Gasteiger partial charge is 0.269 e. The zero-order chi connectivity index (χ0) is 14.8. The molecule has 1 aromatic heterocycles. The lowest BCUT2D eigenvalue weighted by molar-refractivity contribution is -0.384. The van der Waals surface area contributed by atoms with Gasteiger partial charge in [-0.15, -0.1) is 0 Å². The van der Waals surface area contributed by atoms with Crippen LogP contribution >= 0.6 is 0 Å². The highest BCUT2D eigenvalue weighted by molar-refractivity contribution is 5.81. The molecule has 104 valence electrons. The van der Waals surface area contributed by atoms with Crippen LogP contribution in [0.15, 0.2) is 65.6 Å². The van der Waals surface area contributed by atoms with E-state index >= 15 is 0 Å². The van der Waals surface area contributed by atoms with Gasteiger partial charge in [0.05, 0.1) is 11.5 Å². The molecule has 2 aromatic carbocycles. The summed E-state index contributed by atoms with van der Waals surface area (Å²) in [5, 5.41) is 12.2. The summed E-state index contributed by atoms with van der Waals surface area (Å²) in [6, 6.07) is 15.5. The quantitative estimate of drug-likeness (QED) is 0.547. The average molecular weight is 280 g/mol. The number of benzene rings is 2. The van der Waals surface area contributed by atoms with Crippen LogP contribution in [0.1, 0.15) is 5.56 Å². The van der Waals surface area contributed by atoms with Crippen LogP contribution in [-0.4, -0.2) is 9.49 Å². The van der Waals surface area contributed by atoms with E-state index in [1.807, 2.05) is 24.3 Å². The molecule has 0 aliphatic carbocycles. The average Bonchev–Trinajstić information content (AvgIpc) is 2.51. The van der Waals surface area contributed by atoms with Crippen molar-refractivity contribution in [3.05, 3.63) is 86.8 Å². The first-order valence-electron chi connectivity index (χ1n) is 6.47. The summed E-state index contributed by atoms with van der Waals surface area (Å²) < 4.78 is 1.60. The van der Waals surface area contributed by atoms with E-state index in [1.54, 1.807) is 29.0 Å². The predicted molar refractivity (Wildman–Crippen MR) is 80.4 cm³/mol. The van der Waals surface area contributed by atoms with Gasteiger partial charge in [0.2, 0.25) is 0 Å². The SMILES string of the molecule is O=c1c2ccccc2ccn1Cc1ccc([N+](=O)[O-])cc1. The largest absolute Gasteiger partial charge is 0.311 e. The Kier molecular flexibility index (Phi) is 3.23. The van der Waals surface area contributed by atoms with Gasteiger partial charge in [-0.3, -0.25) is 14.9 Å². The van der Waals surface area contributed by atoms with E-state index in [0.29, 0.717) is 11.9 Å². The number of nitro benzene ring substituents is 1. The predicted octanol–water partition coefficient (Wildman–Crippen LogP) is 2.96. The molecule has 0 atom stereocenters. The second-order valence-corrected chi connectivity index (χ2v) is 4.76. The first kappa shape index (κ1) is 13.1. The molecule has 5 nitrogen and oxygen atoms in total. The van der Waals surface area contributed by atoms with Crippen LogP contribution in [0.4, 0.5) is 5.69 Å². The lowest BCUT2D eigenvalue weighted by atomic mass is 10.1. The third-order valence-electron chi connectivity index (χ3n) is 3.39. The zero-order valence-corrected chi connectivity index (χ0v) is 11.1. The summed E-state index contributed by atoms with van der Waals surface area (Å²) in [4.78, 5) is 22.5. The minimum absolute atomic E-state index is 0.0459. The number of fused-ring (bicyclic) bond motifs is 1. The van der Waals surface area contributed by atoms with Crippen LogP contribution in [0.25, 0.3) is 10.8 Å². The maximum atomic E-state index is 12.4. The monoisotopic (exact) mass is 280 g/mol. The molecule has 0 saturated carbocycles. The molecule has 21 heavy (non-hydrogen) atoms. The maximum Gasteiger partial charge on any atom is 0.269 e. The molecular formula is C16H12N2O3. The third kappa shape index (κ3) is 2.53. The Bertz CT molecular complexity index is 867. The van der Waals surface area contributed by atoms with Crippen molar-refractivity contribution in [3.8, 4) is 0 Å². The fourth-order valence-corrected chi connectivity index (χ4v) is 2.27. The number of non-ortho nitro benzene ring substituents is 1. The lowest BCUT2D eigenvalue weighted by Crippen LogP contribution is -2.19. The Hall–Kier alpha value is -2.95. The fourth-order valence-electron chi connectivity index (χ4n) is 2.27. The van der Waals surface area contributed by atoms with E-state index in [1.165, 1.54) is 12.1 Å². The second kappa shape index (κ2) is 5.20. The maximum absolute atomic E-state index is 12.4. The summed E-state index contributed by atoms with van der Waals surface area (Å²) >= 11 is 0. The Labute approximate surface area is 120 Å². The van der Waals surface area contributed by atoms with Crippen LogP contribution in [0, 0.1) is 10.1 Å². The van der Waals surface area contributed by atoms with Gasteiger partial charge in [0.15, 0.2) is 0 Å². The summed E-state index contributed by atoms with van der Waals surface area (Å²) in [6.45, 7) is 0.391. The van der Waals surface area contributed by atoms with Crippen LogP contribution in [0.3, 0.4) is 0 Å². The molecule has 0 N–H and O–H groups in total. The zero-order valence-electron chi connectivity index (χ0n) is 11.1. The molecule has 5 heteroatoms. The molecular weight excluding hydrogens is 268 g/mol. The molecule has 0 aliphatic heterocycles. The van der Waals surface area contributed by atoms with Crippen LogP contribution < -0.4 is 5.56 Å². The molecule has 0 fully saturated rings. The fraction of sp³-hybridized carbons (Fsp3) is 0.0625. The molecule has 0 unspecified atom stereocenters. The van der Waals surface area contributed by atoms with Crippen molar-refractivity contribution in [2.45, 2.75) is 6.54 Å². The van der Waals surface area contributed by atoms with E-state index in [0.717, 1.165) is 10.9 Å². The molecule has 3 rings (SSSR count). The standard InChI is InChI=1S/C16H12N2O3/c19-16-15-4-2-1-3-13(15)9-10-17(16)11-12-5-7-14(8-6-12)18(20)21/h1-10H,11H2. The first-order chi connectivity index (χ1) is 10.1. The highest BCUT2D eigenvalue weighted by atomic mass is 16.6. The van der Waals surface area contributed by atoms with Crippen molar-refractivity contribution in [1.29, 1.82) is 0 Å². The molecule has 0 aliphatic rings. The minimum atomic E-state index is -0.439. The van der Waals surface area contributed by atoms with Gasteiger partial charge in [-0.2, -0.15) is 0 Å². The van der Waals surface area contributed by atoms with Crippen LogP contribution in [-0.2, 0) is 6.54 Å². The molecule has 1 heterocycles. The molecule has 0 radical (unpaired) electrons. The molecule has 0 bridgehead atoms. The number of hydrogen-bond acceptors (Lipinski definition) is 3. The van der Waals surface area contributed by atoms with Crippen LogP contribution in [0.2, 0.25) is 0 Å². The number of rotatable bonds is 3. The normalized spacial score (nSPS) is 10.7. The molecule has 0 amide bonds. The Morgan fingerprint density at radius 1 is 1.00 bits per heavy atom. The van der Waals surface area contributed by atoms with Gasteiger partial charge in [0.25, 0.3) is 11.2 Å². The summed E-state index contributed by atoms with van der Waals surface area (Å²) in [7, 11) is 0. The Morgan fingerprint density at radius 2 is 1.71 bits per heavy atom. The lowest BCUT2D eigenvalue weighted by Gasteiger charge is -2.07. The summed E-state index contributed by atoms with van der Waals surface area (Å²) in [5.41, 5.74) is 0.828. The third-order valence-corrected chi connectivity index (χ3v) is 3.39. The van der Waals surface area contributed by atoms with E-state index in [2.05, 4.69) is 0 Å². The van der Waals surface area contributed by atoms with Crippen molar-refractivity contribution >= 4 is 16.5 Å². The number of aromatic nitrogens is 1. The number of pyridine rings is 1. The van der Waals surface area contributed by atoms with Crippen molar-refractivity contribution in [2.75, 3.05) is 0 Å². The van der Waals surface area contributed by atoms with Gasteiger partial charge >= 0.3 is 0 Å². The van der Waals surface area contributed by atoms with Crippen LogP contribution in [0.5, 0.6) is 0 Å². The molecule has 3 aromatic rings. The number of nitrogens with zero attached hydrogens (tertiary/aromatic N) is 2. The topological polar surface area (TPSA) is 65.1 Å². The van der Waals surface area contributed by atoms with E-state index in [4.69, 9.17) is 0 Å². The molecule has 0 saturated heterocycles. The van der Waals surface area contributed by atoms with Gasteiger partial charge in [0.1, 0.15) is 0 Å². The number of nitro groups is 1. The summed E-state index contributed by atoms with van der Waals surface area (Å²) in [6.07, 6.45) is 1.74. The first-order valence-corrected chi connectivity index (χ1v) is 6.47. The van der Waals surface area contributed by atoms with E-state index in [9.17, 15) is 14.9 Å². The summed E-state index contributed by atoms with van der Waals surface area (Å²) in [5.74, 6) is 0. The van der Waals surface area contributed by atoms with E-state index < -0.39 is 4.92 Å². The highest BCUT2D eigenvalue weighted by Gasteiger charge is 2.06. The van der Waals surface area contributed by atoms with Gasteiger partial charge in [-0.25, -0.2) is 0 Å². The number of hydrogen-bond donors (Lipinski definition) is 0. The Balaban J connectivity index is 1.96. The van der Waals surface area contributed by atoms with Crippen molar-refractivity contribution in [2.24, 2.45) is 0 Å². The second-order valence-electron chi connectivity index (χ2n) is 4.76. The minimum Gasteiger partial charge on any atom is -0.311 e. The van der Waals surface area contributed by atoms with Gasteiger partial charge in [-0.1, -0.05) is 30.3 Å².